The number of ether oxygens (including phenoxy) is 3. The second-order valence-electron chi connectivity index (χ2n) is 8.56. The number of aryl methyl sites for hydroxylation is 1. The van der Waals surface area contributed by atoms with Crippen LogP contribution in [-0.4, -0.2) is 55.9 Å². The molecule has 0 saturated heterocycles. The molecule has 3 heterocycles. The highest BCUT2D eigenvalue weighted by Crippen LogP contribution is 2.37. The summed E-state index contributed by atoms with van der Waals surface area (Å²) >= 11 is 1.38. The zero-order valence-corrected chi connectivity index (χ0v) is 22.0. The monoisotopic (exact) mass is 550 g/mol. The minimum absolute atomic E-state index is 0.0141. The average Bonchev–Trinajstić information content (AvgIpc) is 3.33. The Kier molecular flexibility index (Phi) is 7.43. The third-order valence-electron chi connectivity index (χ3n) is 5.53. The van der Waals surface area contributed by atoms with Gasteiger partial charge < -0.3 is 19.3 Å². The highest BCUT2D eigenvalue weighted by atomic mass is 32.1. The largest absolute Gasteiger partial charge is 0.487 e. The molecule has 1 atom stereocenters. The Hall–Kier alpha value is -4.49. The van der Waals surface area contributed by atoms with Gasteiger partial charge >= 0.3 is 6.09 Å². The second kappa shape index (κ2) is 11.1. The number of halogens is 1. The van der Waals surface area contributed by atoms with E-state index in [1.165, 1.54) is 36.9 Å². The number of thiazole rings is 1. The van der Waals surface area contributed by atoms with E-state index in [0.717, 1.165) is 15.8 Å². The van der Waals surface area contributed by atoms with Gasteiger partial charge in [-0.15, -0.1) is 11.3 Å². The number of amides is 1. The minimum atomic E-state index is -0.749. The smallest absolute Gasteiger partial charge is 0.412 e. The van der Waals surface area contributed by atoms with Gasteiger partial charge in [-0.1, -0.05) is 0 Å². The van der Waals surface area contributed by atoms with Crippen LogP contribution in [0.2, 0.25) is 0 Å². The number of hydrogen-bond acceptors (Lipinski definition) is 11. The topological polar surface area (TPSA) is 141 Å². The van der Waals surface area contributed by atoms with Crippen molar-refractivity contribution in [3.63, 3.8) is 0 Å². The summed E-state index contributed by atoms with van der Waals surface area (Å²) in [6, 6.07) is 6.76. The van der Waals surface area contributed by atoms with E-state index in [4.69, 9.17) is 19.3 Å². The van der Waals surface area contributed by atoms with E-state index in [-0.39, 0.29) is 24.8 Å². The molecule has 0 fully saturated rings. The number of benzene rings is 2. The van der Waals surface area contributed by atoms with E-state index >= 15 is 0 Å². The Bertz CT molecular complexity index is 1660. The van der Waals surface area contributed by atoms with E-state index < -0.39 is 18.0 Å². The Labute approximate surface area is 225 Å². The van der Waals surface area contributed by atoms with Crippen molar-refractivity contribution in [2.75, 3.05) is 19.0 Å². The number of fused-ring (bicyclic) bond motifs is 2. The molecule has 1 amide bonds. The molecule has 0 saturated carbocycles. The van der Waals surface area contributed by atoms with Gasteiger partial charge in [0.15, 0.2) is 17.4 Å². The maximum absolute atomic E-state index is 14.8. The summed E-state index contributed by atoms with van der Waals surface area (Å²) in [6.07, 6.45) is 2.80. The third kappa shape index (κ3) is 5.84. The number of carbonyl (C=O) groups excluding carboxylic acids is 1. The molecule has 11 nitrogen and oxygen atoms in total. The fraction of sp³-hybridized carbons (Fsp3) is 0.231. The number of aromatic nitrogens is 5. The predicted octanol–water partition coefficient (Wildman–Crippen LogP) is 4.66. The van der Waals surface area contributed by atoms with Gasteiger partial charge in [0.25, 0.3) is 0 Å². The summed E-state index contributed by atoms with van der Waals surface area (Å²) in [4.78, 5) is 33.5. The maximum Gasteiger partial charge on any atom is 0.412 e. The highest BCUT2D eigenvalue weighted by Gasteiger charge is 2.17. The van der Waals surface area contributed by atoms with Crippen LogP contribution in [0.25, 0.3) is 31.8 Å². The average molecular weight is 551 g/mol. The first-order chi connectivity index (χ1) is 18.8. The molecular weight excluding hydrogens is 527 g/mol. The first-order valence-corrected chi connectivity index (χ1v) is 12.6. The molecule has 5 rings (SSSR count). The number of aliphatic hydroxyl groups is 1. The van der Waals surface area contributed by atoms with Crippen LogP contribution in [0.3, 0.4) is 0 Å². The minimum Gasteiger partial charge on any atom is -0.487 e. The van der Waals surface area contributed by atoms with Crippen LogP contribution < -0.4 is 14.8 Å². The van der Waals surface area contributed by atoms with E-state index in [0.29, 0.717) is 33.1 Å². The van der Waals surface area contributed by atoms with Crippen LogP contribution in [0, 0.1) is 12.7 Å². The van der Waals surface area contributed by atoms with Crippen LogP contribution in [0.4, 0.5) is 14.9 Å². The third-order valence-corrected chi connectivity index (χ3v) is 6.58. The molecular formula is C26H23FN6O5S. The SMILES string of the molecule is COc1cnc2c(-c3nc4cc(F)c(OC[C@@H](C)OC(=O)Nc5cnc(CO)nc5)cc4s3)cc(C)cc2n1. The number of methoxy groups -OCH3 is 1. The lowest BCUT2D eigenvalue weighted by Gasteiger charge is -2.15. The highest BCUT2D eigenvalue weighted by molar-refractivity contribution is 7.21. The molecule has 200 valence electrons. The number of carbonyl (C=O) groups is 1. The van der Waals surface area contributed by atoms with E-state index in [2.05, 4.69) is 30.2 Å². The fourth-order valence-corrected chi connectivity index (χ4v) is 4.73. The molecule has 0 radical (unpaired) electrons. The van der Waals surface area contributed by atoms with E-state index in [1.807, 2.05) is 19.1 Å². The fourth-order valence-electron chi connectivity index (χ4n) is 3.74. The van der Waals surface area contributed by atoms with Crippen LogP contribution >= 0.6 is 11.3 Å². The summed E-state index contributed by atoms with van der Waals surface area (Å²) in [6.45, 7) is 3.18. The molecule has 0 aliphatic carbocycles. The molecule has 39 heavy (non-hydrogen) atoms. The van der Waals surface area contributed by atoms with Crippen molar-refractivity contribution in [3.8, 4) is 22.2 Å². The van der Waals surface area contributed by atoms with E-state index in [1.54, 1.807) is 19.2 Å². The van der Waals surface area contributed by atoms with Crippen LogP contribution in [-0.2, 0) is 11.3 Å². The van der Waals surface area contributed by atoms with Gasteiger partial charge in [0.05, 0.1) is 52.6 Å². The first-order valence-electron chi connectivity index (χ1n) is 11.8. The molecule has 2 aromatic carbocycles. The summed E-state index contributed by atoms with van der Waals surface area (Å²) in [5, 5.41) is 12.1. The zero-order valence-electron chi connectivity index (χ0n) is 21.1. The Balaban J connectivity index is 1.29. The Morgan fingerprint density at radius 1 is 1.10 bits per heavy atom. The van der Waals surface area contributed by atoms with Crippen molar-refractivity contribution < 1.29 is 28.5 Å². The molecule has 0 spiro atoms. The molecule has 0 bridgehead atoms. The van der Waals surface area contributed by atoms with Gasteiger partial charge in [0.2, 0.25) is 5.88 Å². The van der Waals surface area contributed by atoms with Gasteiger partial charge in [-0.25, -0.2) is 34.1 Å². The Morgan fingerprint density at radius 2 is 1.90 bits per heavy atom. The van der Waals surface area contributed by atoms with Crippen LogP contribution in [0.5, 0.6) is 11.6 Å². The lowest BCUT2D eigenvalue weighted by molar-refractivity contribution is 0.0844. The maximum atomic E-state index is 14.8. The number of anilines is 1. The number of aliphatic hydroxyl groups excluding tert-OH is 1. The summed E-state index contributed by atoms with van der Waals surface area (Å²) < 4.78 is 31.6. The predicted molar refractivity (Wildman–Crippen MR) is 142 cm³/mol. The van der Waals surface area contributed by atoms with Crippen molar-refractivity contribution in [2.45, 2.75) is 26.6 Å². The van der Waals surface area contributed by atoms with Crippen LogP contribution in [0.1, 0.15) is 18.3 Å². The number of hydrogen-bond donors (Lipinski definition) is 2. The van der Waals surface area contributed by atoms with Gasteiger partial charge in [0.1, 0.15) is 24.3 Å². The van der Waals surface area contributed by atoms with E-state index in [9.17, 15) is 9.18 Å². The van der Waals surface area contributed by atoms with Crippen molar-refractivity contribution in [1.29, 1.82) is 0 Å². The molecule has 13 heteroatoms. The number of rotatable bonds is 8. The lowest BCUT2D eigenvalue weighted by atomic mass is 10.1. The molecule has 3 aromatic heterocycles. The Morgan fingerprint density at radius 3 is 2.64 bits per heavy atom. The van der Waals surface area contributed by atoms with Gasteiger partial charge in [-0.2, -0.15) is 0 Å². The molecule has 0 aliphatic heterocycles. The quantitative estimate of drug-likeness (QED) is 0.280. The summed E-state index contributed by atoms with van der Waals surface area (Å²) in [7, 11) is 1.53. The normalized spacial score (nSPS) is 11.9. The standard InChI is InChI=1S/C26H23FN6O5S/c1-13-4-16(24-19(5-13)32-23(36-3)10-30-24)25-33-18-6-17(27)20(7-21(18)39-25)37-12-14(2)38-26(35)31-15-8-28-22(11-34)29-9-15/h4-10,14,34H,11-12H2,1-3H3,(H,31,35)/t14-/m1/s1. The first kappa shape index (κ1) is 26.1. The van der Waals surface area contributed by atoms with Gasteiger partial charge in [0, 0.05) is 17.7 Å². The zero-order chi connectivity index (χ0) is 27.5. The van der Waals surface area contributed by atoms with Gasteiger partial charge in [-0.05, 0) is 31.5 Å². The number of nitrogens with one attached hydrogen (secondary N) is 1. The lowest BCUT2D eigenvalue weighted by Crippen LogP contribution is -2.25. The van der Waals surface area contributed by atoms with Crippen molar-refractivity contribution in [2.24, 2.45) is 0 Å². The van der Waals surface area contributed by atoms with Crippen LogP contribution in [0.15, 0.2) is 42.9 Å². The van der Waals surface area contributed by atoms with Crippen molar-refractivity contribution >= 4 is 44.4 Å². The molecule has 2 N–H and O–H groups in total. The second-order valence-corrected chi connectivity index (χ2v) is 9.59. The summed E-state index contributed by atoms with van der Waals surface area (Å²) in [5.41, 5.74) is 3.88. The van der Waals surface area contributed by atoms with Crippen molar-refractivity contribution in [3.05, 3.63) is 60.1 Å². The van der Waals surface area contributed by atoms with Gasteiger partial charge in [-0.3, -0.25) is 5.32 Å². The summed E-state index contributed by atoms with van der Waals surface area (Å²) in [5.74, 6) is 0.0638. The molecule has 0 unspecified atom stereocenters. The number of nitrogens with zero attached hydrogens (tertiary/aromatic N) is 5. The molecule has 5 aromatic rings. The van der Waals surface area contributed by atoms with Crippen molar-refractivity contribution in [1.82, 2.24) is 24.9 Å². The molecule has 0 aliphatic rings.